The number of amides is 1. The lowest BCUT2D eigenvalue weighted by Crippen LogP contribution is -2.42. The average molecular weight is 290 g/mol. The molecule has 2 atom stereocenters. The number of nitrogen functional groups attached to an aromatic ring is 1. The Morgan fingerprint density at radius 2 is 2.14 bits per heavy atom. The van der Waals surface area contributed by atoms with Gasteiger partial charge in [0.05, 0.1) is 6.33 Å². The second-order valence-corrected chi connectivity index (χ2v) is 5.23. The summed E-state index contributed by atoms with van der Waals surface area (Å²) in [5, 5.41) is 9.34. The van der Waals surface area contributed by atoms with Crippen LogP contribution in [0.15, 0.2) is 12.7 Å². The second kappa shape index (κ2) is 4.40. The average Bonchev–Trinajstić information content (AvgIpc) is 3.03. The second-order valence-electron chi connectivity index (χ2n) is 5.23. The van der Waals surface area contributed by atoms with Gasteiger partial charge in [-0.1, -0.05) is 0 Å². The number of imidazole rings is 1. The molecule has 2 aromatic rings. The molecule has 1 amide bonds. The molecule has 2 aromatic heterocycles. The van der Waals surface area contributed by atoms with Crippen molar-refractivity contribution in [3.05, 3.63) is 12.7 Å². The van der Waals surface area contributed by atoms with Gasteiger partial charge in [0.1, 0.15) is 17.3 Å². The Morgan fingerprint density at radius 1 is 1.38 bits per heavy atom. The number of carboxylic acids is 1. The summed E-state index contributed by atoms with van der Waals surface area (Å²) < 4.78 is 1.74. The summed E-state index contributed by atoms with van der Waals surface area (Å²) in [6.45, 7) is 0. The predicted molar refractivity (Wildman–Crippen MR) is 71.9 cm³/mol. The van der Waals surface area contributed by atoms with Gasteiger partial charge in [-0.05, 0) is 19.3 Å². The van der Waals surface area contributed by atoms with Crippen LogP contribution in [0.25, 0.3) is 11.2 Å². The molecule has 1 unspecified atom stereocenters. The van der Waals surface area contributed by atoms with E-state index in [-0.39, 0.29) is 24.7 Å². The number of carbonyl (C=O) groups excluding carboxylic acids is 1. The van der Waals surface area contributed by atoms with Gasteiger partial charge in [-0.2, -0.15) is 0 Å². The summed E-state index contributed by atoms with van der Waals surface area (Å²) in [6.07, 6.45) is 3.68. The minimum atomic E-state index is -1.53. The SMILES string of the molecule is NC(=O)[C@@]1(C(=O)O)CCC(n2cnc3c(N)ncnc32)C1. The highest BCUT2D eigenvalue weighted by atomic mass is 16.4. The lowest BCUT2D eigenvalue weighted by Gasteiger charge is -2.20. The van der Waals surface area contributed by atoms with Gasteiger partial charge in [-0.25, -0.2) is 15.0 Å². The number of carboxylic acid groups (broad SMARTS) is 1. The number of fused-ring (bicyclic) bond motifs is 1. The van der Waals surface area contributed by atoms with Crippen LogP contribution >= 0.6 is 0 Å². The molecule has 0 aromatic carbocycles. The fourth-order valence-corrected chi connectivity index (χ4v) is 2.92. The van der Waals surface area contributed by atoms with E-state index in [2.05, 4.69) is 15.0 Å². The normalized spacial score (nSPS) is 25.2. The Kier molecular flexibility index (Phi) is 2.78. The summed E-state index contributed by atoms with van der Waals surface area (Å²) in [7, 11) is 0. The zero-order valence-electron chi connectivity index (χ0n) is 11.1. The van der Waals surface area contributed by atoms with Crippen LogP contribution in [-0.4, -0.2) is 36.5 Å². The van der Waals surface area contributed by atoms with Crippen LogP contribution in [-0.2, 0) is 9.59 Å². The number of nitrogens with zero attached hydrogens (tertiary/aromatic N) is 4. The van der Waals surface area contributed by atoms with E-state index in [9.17, 15) is 14.7 Å². The van der Waals surface area contributed by atoms with E-state index < -0.39 is 17.3 Å². The topological polar surface area (TPSA) is 150 Å². The first-order valence-corrected chi connectivity index (χ1v) is 6.42. The largest absolute Gasteiger partial charge is 0.480 e. The van der Waals surface area contributed by atoms with Crippen molar-refractivity contribution in [2.75, 3.05) is 5.73 Å². The Morgan fingerprint density at radius 3 is 2.76 bits per heavy atom. The van der Waals surface area contributed by atoms with Crippen molar-refractivity contribution < 1.29 is 14.7 Å². The molecule has 1 saturated carbocycles. The van der Waals surface area contributed by atoms with Gasteiger partial charge in [0.25, 0.3) is 0 Å². The first-order chi connectivity index (χ1) is 9.95. The Bertz CT molecular complexity index is 726. The Labute approximate surface area is 119 Å². The summed E-state index contributed by atoms with van der Waals surface area (Å²) in [6, 6.07) is -0.215. The van der Waals surface area contributed by atoms with Crippen molar-refractivity contribution in [2.45, 2.75) is 25.3 Å². The summed E-state index contributed by atoms with van der Waals surface area (Å²) in [5.74, 6) is -1.73. The van der Waals surface area contributed by atoms with Crippen LogP contribution in [0.2, 0.25) is 0 Å². The monoisotopic (exact) mass is 290 g/mol. The van der Waals surface area contributed by atoms with Crippen LogP contribution in [0.3, 0.4) is 0 Å². The zero-order valence-corrected chi connectivity index (χ0v) is 11.1. The summed E-state index contributed by atoms with van der Waals surface area (Å²) >= 11 is 0. The maximum Gasteiger partial charge on any atom is 0.319 e. The lowest BCUT2D eigenvalue weighted by atomic mass is 9.85. The van der Waals surface area contributed by atoms with Crippen molar-refractivity contribution in [2.24, 2.45) is 11.1 Å². The number of nitrogens with two attached hydrogens (primary N) is 2. The van der Waals surface area contributed by atoms with Crippen LogP contribution < -0.4 is 11.5 Å². The van der Waals surface area contributed by atoms with E-state index in [0.29, 0.717) is 17.6 Å². The number of carbonyl (C=O) groups is 2. The Balaban J connectivity index is 2.01. The van der Waals surface area contributed by atoms with E-state index in [4.69, 9.17) is 11.5 Å². The molecule has 1 fully saturated rings. The number of aliphatic carboxylic acids is 1. The standard InChI is InChI=1S/C12H14N6O3/c13-8-7-9(16-4-15-8)18(5-17-7)6-1-2-12(3-6,10(14)19)11(20)21/h4-6H,1-3H2,(H2,14,19)(H,20,21)(H2,13,15,16)/t6?,12-/m1/s1. The summed E-state index contributed by atoms with van der Waals surface area (Å²) in [5.41, 5.74) is 10.5. The number of hydrogen-bond donors (Lipinski definition) is 3. The van der Waals surface area contributed by atoms with E-state index in [1.165, 1.54) is 6.33 Å². The third-order valence-electron chi connectivity index (χ3n) is 4.15. The van der Waals surface area contributed by atoms with Crippen LogP contribution in [0.5, 0.6) is 0 Å². The molecule has 1 aliphatic rings. The minimum absolute atomic E-state index is 0.118. The highest BCUT2D eigenvalue weighted by Gasteiger charge is 2.51. The number of anilines is 1. The number of rotatable bonds is 3. The lowest BCUT2D eigenvalue weighted by molar-refractivity contribution is -0.154. The Hall–Kier alpha value is -2.71. The van der Waals surface area contributed by atoms with Crippen molar-refractivity contribution in [1.82, 2.24) is 19.5 Å². The molecule has 21 heavy (non-hydrogen) atoms. The zero-order chi connectivity index (χ0) is 15.2. The van der Waals surface area contributed by atoms with Gasteiger partial charge in [-0.3, -0.25) is 9.59 Å². The quantitative estimate of drug-likeness (QED) is 0.656. The molecule has 5 N–H and O–H groups in total. The molecule has 110 valence electrons. The molecular weight excluding hydrogens is 276 g/mol. The molecule has 0 spiro atoms. The third kappa shape index (κ3) is 1.81. The van der Waals surface area contributed by atoms with Crippen molar-refractivity contribution >= 4 is 28.9 Å². The summed E-state index contributed by atoms with van der Waals surface area (Å²) in [4.78, 5) is 35.1. The molecule has 9 heteroatoms. The smallest absolute Gasteiger partial charge is 0.319 e. The van der Waals surface area contributed by atoms with Crippen molar-refractivity contribution in [3.8, 4) is 0 Å². The molecule has 3 rings (SSSR count). The van der Waals surface area contributed by atoms with Gasteiger partial charge >= 0.3 is 5.97 Å². The van der Waals surface area contributed by atoms with Crippen molar-refractivity contribution in [1.29, 1.82) is 0 Å². The fourth-order valence-electron chi connectivity index (χ4n) is 2.92. The van der Waals surface area contributed by atoms with Crippen LogP contribution in [0, 0.1) is 5.41 Å². The highest BCUT2D eigenvalue weighted by Crippen LogP contribution is 2.45. The molecule has 0 aliphatic heterocycles. The molecule has 0 bridgehead atoms. The number of hydrogen-bond acceptors (Lipinski definition) is 6. The molecular formula is C12H14N6O3. The van der Waals surface area contributed by atoms with Crippen LogP contribution in [0.4, 0.5) is 5.82 Å². The van der Waals surface area contributed by atoms with Crippen LogP contribution in [0.1, 0.15) is 25.3 Å². The number of aromatic nitrogens is 4. The van der Waals surface area contributed by atoms with Gasteiger partial charge in [0, 0.05) is 6.04 Å². The fraction of sp³-hybridized carbons (Fsp3) is 0.417. The van der Waals surface area contributed by atoms with Gasteiger partial charge < -0.3 is 21.1 Å². The van der Waals surface area contributed by atoms with E-state index in [1.807, 2.05) is 0 Å². The maximum absolute atomic E-state index is 11.6. The molecule has 2 heterocycles. The maximum atomic E-state index is 11.6. The molecule has 0 radical (unpaired) electrons. The number of primary amides is 1. The minimum Gasteiger partial charge on any atom is -0.480 e. The predicted octanol–water partition coefficient (Wildman–Crippen LogP) is -0.310. The molecule has 9 nitrogen and oxygen atoms in total. The van der Waals surface area contributed by atoms with Gasteiger partial charge in [0.15, 0.2) is 11.5 Å². The van der Waals surface area contributed by atoms with Crippen molar-refractivity contribution in [3.63, 3.8) is 0 Å². The van der Waals surface area contributed by atoms with Gasteiger partial charge in [0.2, 0.25) is 5.91 Å². The van der Waals surface area contributed by atoms with E-state index in [1.54, 1.807) is 10.9 Å². The highest BCUT2D eigenvalue weighted by molar-refractivity contribution is 6.01. The third-order valence-corrected chi connectivity index (χ3v) is 4.15. The van der Waals surface area contributed by atoms with E-state index >= 15 is 0 Å². The van der Waals surface area contributed by atoms with Gasteiger partial charge in [-0.15, -0.1) is 0 Å². The first-order valence-electron chi connectivity index (χ1n) is 6.42. The first kappa shape index (κ1) is 13.3. The molecule has 0 saturated heterocycles. The van der Waals surface area contributed by atoms with E-state index in [0.717, 1.165) is 0 Å². The molecule has 1 aliphatic carbocycles.